The Hall–Kier alpha value is -6.13. The van der Waals surface area contributed by atoms with E-state index in [4.69, 9.17) is 4.98 Å². The van der Waals surface area contributed by atoms with Crippen LogP contribution in [0.1, 0.15) is 0 Å². The Bertz CT molecular complexity index is 2750. The van der Waals surface area contributed by atoms with E-state index in [0.29, 0.717) is 0 Å². The first-order valence-electron chi connectivity index (χ1n) is 15.3. The number of benzene rings is 7. The van der Waals surface area contributed by atoms with Crippen LogP contribution in [0.2, 0.25) is 0 Å². The molecule has 4 heteroatoms. The largest absolute Gasteiger partial charge is 0.309 e. The monoisotopic (exact) mass is 574 g/mol. The molecule has 0 saturated carbocycles. The second-order valence-electron chi connectivity index (χ2n) is 11.7. The number of fused-ring (bicyclic) bond motifs is 8. The van der Waals surface area contributed by atoms with Gasteiger partial charge in [-0.1, -0.05) is 78.9 Å². The van der Waals surface area contributed by atoms with Crippen molar-refractivity contribution in [3.63, 3.8) is 0 Å². The zero-order valence-electron chi connectivity index (χ0n) is 24.3. The van der Waals surface area contributed by atoms with Gasteiger partial charge in [0.15, 0.2) is 0 Å². The first kappa shape index (κ1) is 24.3. The van der Waals surface area contributed by atoms with Crippen LogP contribution < -0.4 is 0 Å². The normalized spacial score (nSPS) is 12.0. The summed E-state index contributed by atoms with van der Waals surface area (Å²) in [5.41, 5.74) is 10.2. The molecule has 0 aliphatic rings. The van der Waals surface area contributed by atoms with Crippen molar-refractivity contribution < 1.29 is 0 Å². The van der Waals surface area contributed by atoms with E-state index in [2.05, 4.69) is 159 Å². The van der Waals surface area contributed by atoms with E-state index in [9.17, 15) is 0 Å². The molecule has 45 heavy (non-hydrogen) atoms. The van der Waals surface area contributed by atoms with E-state index in [-0.39, 0.29) is 0 Å². The SMILES string of the molecule is c1ccc(-n2cnc3c(-n4c5ccccc5c5cc6cc7c8ccccc8n(-c8ccccc8)c7cc6cc54)cccc32)cc1. The van der Waals surface area contributed by atoms with E-state index in [1.165, 1.54) is 60.1 Å². The lowest BCUT2D eigenvalue weighted by Crippen LogP contribution is -1.96. The molecule has 0 unspecified atom stereocenters. The molecular formula is C41H26N4. The molecule has 0 radical (unpaired) electrons. The van der Waals surface area contributed by atoms with Gasteiger partial charge in [-0.05, 0) is 83.6 Å². The molecule has 0 aliphatic heterocycles. The Labute approximate surface area is 258 Å². The van der Waals surface area contributed by atoms with Crippen molar-refractivity contribution >= 4 is 65.4 Å². The van der Waals surface area contributed by atoms with Gasteiger partial charge in [-0.3, -0.25) is 4.57 Å². The van der Waals surface area contributed by atoms with Crippen LogP contribution in [0.15, 0.2) is 158 Å². The lowest BCUT2D eigenvalue weighted by molar-refractivity contribution is 1.09. The first-order chi connectivity index (χ1) is 22.3. The molecule has 0 fully saturated rings. The molecule has 3 heterocycles. The van der Waals surface area contributed by atoms with Crippen molar-refractivity contribution in [2.75, 3.05) is 0 Å². The van der Waals surface area contributed by atoms with Gasteiger partial charge in [-0.25, -0.2) is 4.98 Å². The van der Waals surface area contributed by atoms with Crippen LogP contribution in [0.25, 0.3) is 82.5 Å². The fourth-order valence-electron chi connectivity index (χ4n) is 7.29. The number of hydrogen-bond acceptors (Lipinski definition) is 1. The standard InChI is InChI=1S/C41H26N4/c1-3-12-29(13-4-1)43-26-42-41-37(43)20-11-21-38(41)45-36-19-10-8-17-32(36)34-23-27-22-33-31-16-7-9-18-35(31)44(30-14-5-2-6-15-30)39(33)24-28(27)25-40(34)45/h1-26H. The highest BCUT2D eigenvalue weighted by molar-refractivity contribution is 6.18. The summed E-state index contributed by atoms with van der Waals surface area (Å²) in [5.74, 6) is 0. The summed E-state index contributed by atoms with van der Waals surface area (Å²) in [6, 6.07) is 54.5. The summed E-state index contributed by atoms with van der Waals surface area (Å²) >= 11 is 0. The van der Waals surface area contributed by atoms with Crippen molar-refractivity contribution in [3.8, 4) is 17.1 Å². The summed E-state index contributed by atoms with van der Waals surface area (Å²) in [7, 11) is 0. The Balaban J connectivity index is 1.30. The van der Waals surface area contributed by atoms with Gasteiger partial charge in [0.05, 0.1) is 33.3 Å². The van der Waals surface area contributed by atoms with Crippen molar-refractivity contribution in [2.45, 2.75) is 0 Å². The average Bonchev–Trinajstić information content (AvgIpc) is 3.77. The summed E-state index contributed by atoms with van der Waals surface area (Å²) in [6.45, 7) is 0. The van der Waals surface area contributed by atoms with Crippen LogP contribution >= 0.6 is 0 Å². The molecule has 0 spiro atoms. The molecule has 0 saturated heterocycles. The van der Waals surface area contributed by atoms with Crippen molar-refractivity contribution in [3.05, 3.63) is 158 Å². The number of nitrogens with zero attached hydrogens (tertiary/aromatic N) is 4. The van der Waals surface area contributed by atoms with Crippen molar-refractivity contribution in [2.24, 2.45) is 0 Å². The minimum Gasteiger partial charge on any atom is -0.309 e. The van der Waals surface area contributed by atoms with Crippen LogP contribution in [0.5, 0.6) is 0 Å². The van der Waals surface area contributed by atoms with E-state index in [1.807, 2.05) is 12.4 Å². The smallest absolute Gasteiger partial charge is 0.113 e. The lowest BCUT2D eigenvalue weighted by Gasteiger charge is -2.11. The van der Waals surface area contributed by atoms with Gasteiger partial charge in [-0.2, -0.15) is 0 Å². The molecule has 210 valence electrons. The van der Waals surface area contributed by atoms with Gasteiger partial charge >= 0.3 is 0 Å². The average molecular weight is 575 g/mol. The first-order valence-corrected chi connectivity index (χ1v) is 15.3. The van der Waals surface area contributed by atoms with Gasteiger partial charge in [0.1, 0.15) is 11.8 Å². The second-order valence-corrected chi connectivity index (χ2v) is 11.7. The number of imidazole rings is 1. The van der Waals surface area contributed by atoms with Crippen molar-refractivity contribution in [1.29, 1.82) is 0 Å². The van der Waals surface area contributed by atoms with Gasteiger partial charge in [0, 0.05) is 32.9 Å². The quantitative estimate of drug-likeness (QED) is 0.206. The Kier molecular flexibility index (Phi) is 4.96. The third-order valence-electron chi connectivity index (χ3n) is 9.27. The van der Waals surface area contributed by atoms with E-state index in [1.54, 1.807) is 0 Å². The van der Waals surface area contributed by atoms with E-state index >= 15 is 0 Å². The van der Waals surface area contributed by atoms with E-state index in [0.717, 1.165) is 22.4 Å². The highest BCUT2D eigenvalue weighted by Crippen LogP contribution is 2.40. The topological polar surface area (TPSA) is 27.7 Å². The Morgan fingerprint density at radius 2 is 0.911 bits per heavy atom. The van der Waals surface area contributed by atoms with Gasteiger partial charge < -0.3 is 9.13 Å². The maximum atomic E-state index is 4.98. The van der Waals surface area contributed by atoms with Crippen LogP contribution in [0, 0.1) is 0 Å². The molecule has 3 aromatic heterocycles. The molecule has 7 aromatic carbocycles. The summed E-state index contributed by atoms with van der Waals surface area (Å²) in [5, 5.41) is 7.45. The maximum absolute atomic E-state index is 4.98. The van der Waals surface area contributed by atoms with Crippen LogP contribution in [0.3, 0.4) is 0 Å². The molecule has 10 aromatic rings. The molecule has 0 bridgehead atoms. The third-order valence-corrected chi connectivity index (χ3v) is 9.27. The van der Waals surface area contributed by atoms with Crippen LogP contribution in [0.4, 0.5) is 0 Å². The Morgan fingerprint density at radius 3 is 1.60 bits per heavy atom. The molecule has 10 rings (SSSR count). The van der Waals surface area contributed by atoms with Crippen molar-refractivity contribution in [1.82, 2.24) is 18.7 Å². The summed E-state index contributed by atoms with van der Waals surface area (Å²) in [4.78, 5) is 4.98. The minimum absolute atomic E-state index is 0.976. The molecule has 4 nitrogen and oxygen atoms in total. The van der Waals surface area contributed by atoms with E-state index < -0.39 is 0 Å². The number of aromatic nitrogens is 4. The predicted molar refractivity (Wildman–Crippen MR) is 187 cm³/mol. The molecule has 0 atom stereocenters. The predicted octanol–water partition coefficient (Wildman–Crippen LogP) is 10.4. The van der Waals surface area contributed by atoms with Crippen LogP contribution in [-0.2, 0) is 0 Å². The number of rotatable bonds is 3. The number of hydrogen-bond donors (Lipinski definition) is 0. The zero-order chi connectivity index (χ0) is 29.5. The zero-order valence-corrected chi connectivity index (χ0v) is 24.3. The number of para-hydroxylation sites is 5. The fraction of sp³-hybridized carbons (Fsp3) is 0. The minimum atomic E-state index is 0.976. The van der Waals surface area contributed by atoms with Gasteiger partial charge in [0.25, 0.3) is 0 Å². The van der Waals surface area contributed by atoms with Crippen LogP contribution in [-0.4, -0.2) is 18.7 Å². The fourth-order valence-corrected chi connectivity index (χ4v) is 7.29. The van der Waals surface area contributed by atoms with Gasteiger partial charge in [-0.15, -0.1) is 0 Å². The summed E-state index contributed by atoms with van der Waals surface area (Å²) in [6.07, 6.45) is 1.94. The third kappa shape index (κ3) is 3.45. The summed E-state index contributed by atoms with van der Waals surface area (Å²) < 4.78 is 6.95. The van der Waals surface area contributed by atoms with Gasteiger partial charge in [0.2, 0.25) is 0 Å². The highest BCUT2D eigenvalue weighted by Gasteiger charge is 2.19. The molecule has 0 N–H and O–H groups in total. The molecule has 0 amide bonds. The molecule has 0 aliphatic carbocycles. The molecular weight excluding hydrogens is 548 g/mol. The highest BCUT2D eigenvalue weighted by atomic mass is 15.1. The second kappa shape index (κ2) is 9.18. The Morgan fingerprint density at radius 1 is 0.378 bits per heavy atom. The lowest BCUT2D eigenvalue weighted by atomic mass is 10.0. The maximum Gasteiger partial charge on any atom is 0.113 e.